The van der Waals surface area contributed by atoms with Crippen LogP contribution >= 0.6 is 11.6 Å². The lowest BCUT2D eigenvalue weighted by Crippen LogP contribution is -2.46. The molecule has 1 saturated heterocycles. The van der Waals surface area contributed by atoms with Gasteiger partial charge in [0, 0.05) is 43.1 Å². The SMILES string of the molecule is CCn1ncnc1CN1CCN(c2ccc3cc(Cl)ccc3n2)CC1. The molecule has 1 aliphatic heterocycles. The van der Waals surface area contributed by atoms with Crippen LogP contribution in [-0.2, 0) is 13.1 Å². The van der Waals surface area contributed by atoms with Gasteiger partial charge in [-0.1, -0.05) is 11.6 Å². The molecule has 2 aromatic heterocycles. The number of pyridine rings is 1. The van der Waals surface area contributed by atoms with Crippen LogP contribution in [0, 0.1) is 0 Å². The normalized spacial score (nSPS) is 15.8. The fourth-order valence-corrected chi connectivity index (χ4v) is 3.45. The molecule has 6 nitrogen and oxygen atoms in total. The van der Waals surface area contributed by atoms with E-state index in [2.05, 4.69) is 38.9 Å². The Bertz CT molecular complexity index is 869. The summed E-state index contributed by atoms with van der Waals surface area (Å²) in [6, 6.07) is 10.0. The third-order valence-corrected chi connectivity index (χ3v) is 4.93. The van der Waals surface area contributed by atoms with E-state index >= 15 is 0 Å². The summed E-state index contributed by atoms with van der Waals surface area (Å²) in [5.74, 6) is 2.07. The summed E-state index contributed by atoms with van der Waals surface area (Å²) in [6.45, 7) is 7.73. The Balaban J connectivity index is 1.42. The van der Waals surface area contributed by atoms with Gasteiger partial charge in [-0.25, -0.2) is 14.6 Å². The topological polar surface area (TPSA) is 50.1 Å². The second-order valence-corrected chi connectivity index (χ2v) is 6.70. The zero-order chi connectivity index (χ0) is 17.2. The van der Waals surface area contributed by atoms with Crippen LogP contribution in [0.3, 0.4) is 0 Å². The molecular weight excluding hydrogens is 336 g/mol. The van der Waals surface area contributed by atoms with Gasteiger partial charge >= 0.3 is 0 Å². The number of rotatable bonds is 4. The molecule has 0 aliphatic carbocycles. The summed E-state index contributed by atoms with van der Waals surface area (Å²) < 4.78 is 1.96. The lowest BCUT2D eigenvalue weighted by molar-refractivity contribution is 0.239. The molecule has 4 rings (SSSR count). The van der Waals surface area contributed by atoms with Gasteiger partial charge in [0.15, 0.2) is 0 Å². The van der Waals surface area contributed by atoms with Crippen molar-refractivity contribution >= 4 is 28.3 Å². The zero-order valence-corrected chi connectivity index (χ0v) is 15.0. The number of aryl methyl sites for hydroxylation is 1. The molecule has 0 saturated carbocycles. The van der Waals surface area contributed by atoms with Gasteiger partial charge in [0.2, 0.25) is 0 Å². The number of fused-ring (bicyclic) bond motifs is 1. The zero-order valence-electron chi connectivity index (χ0n) is 14.3. The highest BCUT2D eigenvalue weighted by molar-refractivity contribution is 6.31. The monoisotopic (exact) mass is 356 g/mol. The Labute approximate surface area is 152 Å². The first-order valence-corrected chi connectivity index (χ1v) is 9.01. The maximum atomic E-state index is 6.05. The van der Waals surface area contributed by atoms with Crippen molar-refractivity contribution < 1.29 is 0 Å². The molecule has 0 spiro atoms. The Morgan fingerprint density at radius 2 is 1.92 bits per heavy atom. The Kier molecular flexibility index (Phi) is 4.55. The van der Waals surface area contributed by atoms with E-state index < -0.39 is 0 Å². The Morgan fingerprint density at radius 3 is 2.72 bits per heavy atom. The van der Waals surface area contributed by atoms with E-state index in [-0.39, 0.29) is 0 Å². The number of hydrogen-bond donors (Lipinski definition) is 0. The van der Waals surface area contributed by atoms with Gasteiger partial charge in [0.1, 0.15) is 18.0 Å². The van der Waals surface area contributed by atoms with E-state index in [9.17, 15) is 0 Å². The van der Waals surface area contributed by atoms with Crippen LogP contribution in [0.5, 0.6) is 0 Å². The van der Waals surface area contributed by atoms with E-state index in [1.165, 1.54) is 0 Å². The maximum absolute atomic E-state index is 6.05. The van der Waals surface area contributed by atoms with Crippen LogP contribution in [0.15, 0.2) is 36.7 Å². The van der Waals surface area contributed by atoms with Gasteiger partial charge in [-0.15, -0.1) is 0 Å². The van der Waals surface area contributed by atoms with Gasteiger partial charge in [-0.2, -0.15) is 5.10 Å². The molecule has 0 atom stereocenters. The summed E-state index contributed by atoms with van der Waals surface area (Å²) in [7, 11) is 0. The molecule has 3 aromatic rings. The number of anilines is 1. The second kappa shape index (κ2) is 6.98. The van der Waals surface area contributed by atoms with Gasteiger partial charge in [0.25, 0.3) is 0 Å². The molecule has 0 amide bonds. The van der Waals surface area contributed by atoms with Crippen molar-refractivity contribution in [1.29, 1.82) is 0 Å². The molecule has 25 heavy (non-hydrogen) atoms. The highest BCUT2D eigenvalue weighted by atomic mass is 35.5. The van der Waals surface area contributed by atoms with Crippen molar-refractivity contribution in [2.24, 2.45) is 0 Å². The van der Waals surface area contributed by atoms with E-state index in [1.807, 2.05) is 22.9 Å². The van der Waals surface area contributed by atoms with Crippen LogP contribution < -0.4 is 4.90 Å². The highest BCUT2D eigenvalue weighted by Crippen LogP contribution is 2.22. The number of halogens is 1. The number of piperazine rings is 1. The molecule has 1 aromatic carbocycles. The van der Waals surface area contributed by atoms with E-state index in [0.29, 0.717) is 0 Å². The molecule has 3 heterocycles. The standard InChI is InChI=1S/C18H21ClN6/c1-2-25-18(20-13-21-25)12-23-7-9-24(10-8-23)17-6-3-14-11-15(19)4-5-16(14)22-17/h3-6,11,13H,2,7-10,12H2,1H3. The summed E-state index contributed by atoms with van der Waals surface area (Å²) in [5, 5.41) is 6.07. The number of aromatic nitrogens is 4. The number of benzene rings is 1. The van der Waals surface area contributed by atoms with Crippen LogP contribution in [-0.4, -0.2) is 50.8 Å². The van der Waals surface area contributed by atoms with E-state index in [4.69, 9.17) is 16.6 Å². The van der Waals surface area contributed by atoms with Crippen LogP contribution in [0.25, 0.3) is 10.9 Å². The second-order valence-electron chi connectivity index (χ2n) is 6.26. The summed E-state index contributed by atoms with van der Waals surface area (Å²) in [4.78, 5) is 13.9. The molecule has 130 valence electrons. The largest absolute Gasteiger partial charge is 0.354 e. The number of hydrogen-bond acceptors (Lipinski definition) is 5. The van der Waals surface area contributed by atoms with Gasteiger partial charge in [0.05, 0.1) is 12.1 Å². The molecule has 1 aliphatic rings. The maximum Gasteiger partial charge on any atom is 0.140 e. The van der Waals surface area contributed by atoms with E-state index in [1.54, 1.807) is 6.33 Å². The summed E-state index contributed by atoms with van der Waals surface area (Å²) >= 11 is 6.05. The van der Waals surface area contributed by atoms with Crippen molar-refractivity contribution in [3.8, 4) is 0 Å². The predicted molar refractivity (Wildman–Crippen MR) is 99.9 cm³/mol. The van der Waals surface area contributed by atoms with Crippen molar-refractivity contribution in [1.82, 2.24) is 24.6 Å². The number of nitrogens with zero attached hydrogens (tertiary/aromatic N) is 6. The molecule has 0 radical (unpaired) electrons. The third-order valence-electron chi connectivity index (χ3n) is 4.69. The third kappa shape index (κ3) is 3.45. The summed E-state index contributed by atoms with van der Waals surface area (Å²) in [5.41, 5.74) is 0.986. The lowest BCUT2D eigenvalue weighted by Gasteiger charge is -2.35. The fourth-order valence-electron chi connectivity index (χ4n) is 3.27. The Hall–Kier alpha value is -2.18. The van der Waals surface area contributed by atoms with Crippen molar-refractivity contribution in [2.75, 3.05) is 31.1 Å². The molecule has 7 heteroatoms. The molecule has 0 N–H and O–H groups in total. The van der Waals surface area contributed by atoms with Crippen LogP contribution in [0.2, 0.25) is 5.02 Å². The van der Waals surface area contributed by atoms with Gasteiger partial charge < -0.3 is 4.90 Å². The van der Waals surface area contributed by atoms with Gasteiger partial charge in [-0.05, 0) is 37.3 Å². The fraction of sp³-hybridized carbons (Fsp3) is 0.389. The molecule has 1 fully saturated rings. The molecule has 0 bridgehead atoms. The molecule has 0 unspecified atom stereocenters. The predicted octanol–water partition coefficient (Wildman–Crippen LogP) is 2.82. The molecular formula is C18H21ClN6. The van der Waals surface area contributed by atoms with Crippen molar-refractivity contribution in [2.45, 2.75) is 20.0 Å². The first-order chi connectivity index (χ1) is 12.2. The first kappa shape index (κ1) is 16.3. The average molecular weight is 357 g/mol. The minimum absolute atomic E-state index is 0.746. The average Bonchev–Trinajstić information content (AvgIpc) is 3.09. The van der Waals surface area contributed by atoms with Crippen molar-refractivity contribution in [3.63, 3.8) is 0 Å². The summed E-state index contributed by atoms with van der Waals surface area (Å²) in [6.07, 6.45) is 1.64. The lowest BCUT2D eigenvalue weighted by atomic mass is 10.2. The first-order valence-electron chi connectivity index (χ1n) is 8.63. The van der Waals surface area contributed by atoms with Gasteiger partial charge in [-0.3, -0.25) is 4.90 Å². The minimum Gasteiger partial charge on any atom is -0.354 e. The smallest absolute Gasteiger partial charge is 0.140 e. The quantitative estimate of drug-likeness (QED) is 0.719. The minimum atomic E-state index is 0.746. The van der Waals surface area contributed by atoms with E-state index in [0.717, 1.165) is 66.8 Å². The Morgan fingerprint density at radius 1 is 1.08 bits per heavy atom. The van der Waals surface area contributed by atoms with Crippen molar-refractivity contribution in [3.05, 3.63) is 47.5 Å². The van der Waals surface area contributed by atoms with Crippen LogP contribution in [0.4, 0.5) is 5.82 Å². The highest BCUT2D eigenvalue weighted by Gasteiger charge is 2.19. The van der Waals surface area contributed by atoms with Crippen LogP contribution in [0.1, 0.15) is 12.7 Å².